The van der Waals surface area contributed by atoms with Crippen LogP contribution in [0.25, 0.3) is 33.1 Å². The smallest absolute Gasteiger partial charge is 0.226 e. The van der Waals surface area contributed by atoms with Crippen LogP contribution in [-0.2, 0) is 0 Å². The summed E-state index contributed by atoms with van der Waals surface area (Å²) in [6, 6.07) is 15.2. The zero-order valence-electron chi connectivity index (χ0n) is 18.7. The van der Waals surface area contributed by atoms with Gasteiger partial charge in [0.25, 0.3) is 0 Å². The minimum atomic E-state index is 0.145. The summed E-state index contributed by atoms with van der Waals surface area (Å²) in [7, 11) is 0. The van der Waals surface area contributed by atoms with E-state index < -0.39 is 0 Å². The van der Waals surface area contributed by atoms with Crippen molar-refractivity contribution in [2.24, 2.45) is 5.92 Å². The highest BCUT2D eigenvalue weighted by Crippen LogP contribution is 2.40. The molecule has 7 heteroatoms. The topological polar surface area (TPSA) is 82.6 Å². The molecule has 1 aliphatic heterocycles. The first-order chi connectivity index (χ1) is 16.8. The zero-order chi connectivity index (χ0) is 22.5. The number of pyridine rings is 2. The largest absolute Gasteiger partial charge is 0.346 e. The van der Waals surface area contributed by atoms with Crippen molar-refractivity contribution in [2.75, 3.05) is 18.0 Å². The van der Waals surface area contributed by atoms with Crippen molar-refractivity contribution in [3.8, 4) is 11.1 Å². The molecular formula is C27H25N7. The summed E-state index contributed by atoms with van der Waals surface area (Å²) in [6.45, 7) is 1.73. The molecule has 1 saturated carbocycles. The third kappa shape index (κ3) is 3.31. The number of nitrogens with zero attached hydrogens (tertiary/aromatic N) is 5. The molecule has 0 radical (unpaired) electrons. The highest BCUT2D eigenvalue weighted by Gasteiger charge is 2.40. The van der Waals surface area contributed by atoms with Crippen LogP contribution < -0.4 is 10.2 Å². The van der Waals surface area contributed by atoms with Gasteiger partial charge in [-0.15, -0.1) is 0 Å². The van der Waals surface area contributed by atoms with E-state index in [2.05, 4.69) is 67.8 Å². The van der Waals surface area contributed by atoms with E-state index in [9.17, 15) is 0 Å². The number of nitrogens with one attached hydrogen (secondary N) is 2. The lowest BCUT2D eigenvalue weighted by Crippen LogP contribution is -2.54. The number of aromatic nitrogens is 5. The van der Waals surface area contributed by atoms with Gasteiger partial charge in [-0.3, -0.25) is 4.98 Å². The maximum Gasteiger partial charge on any atom is 0.226 e. The number of rotatable bonds is 4. The molecule has 1 saturated heterocycles. The summed E-state index contributed by atoms with van der Waals surface area (Å²) < 4.78 is 0. The van der Waals surface area contributed by atoms with Gasteiger partial charge in [0.2, 0.25) is 5.95 Å². The second-order valence-electron chi connectivity index (χ2n) is 9.31. The third-order valence-electron chi connectivity index (χ3n) is 7.21. The summed E-state index contributed by atoms with van der Waals surface area (Å²) in [5.41, 5.74) is 5.44. The van der Waals surface area contributed by atoms with Gasteiger partial charge in [-0.1, -0.05) is 30.3 Å². The highest BCUT2D eigenvalue weighted by atomic mass is 15.3. The minimum absolute atomic E-state index is 0.145. The predicted molar refractivity (Wildman–Crippen MR) is 133 cm³/mol. The first kappa shape index (κ1) is 19.6. The molecule has 7 rings (SSSR count). The van der Waals surface area contributed by atoms with Crippen LogP contribution in [0.1, 0.15) is 24.4 Å². The number of anilines is 1. The molecule has 34 heavy (non-hydrogen) atoms. The molecular weight excluding hydrogens is 422 g/mol. The van der Waals surface area contributed by atoms with Gasteiger partial charge in [-0.2, -0.15) is 0 Å². The van der Waals surface area contributed by atoms with Crippen molar-refractivity contribution in [2.45, 2.75) is 24.9 Å². The Morgan fingerprint density at radius 1 is 0.941 bits per heavy atom. The SMILES string of the molecule is c1ccc(-c2c[nH]c3nccc(C4CN(c5ncc6ccncc6n5)C(C5CC5)CN4)c23)cc1. The maximum absolute atomic E-state index is 4.91. The van der Waals surface area contributed by atoms with E-state index in [0.29, 0.717) is 12.0 Å². The molecule has 2 N–H and O–H groups in total. The fourth-order valence-corrected chi connectivity index (χ4v) is 5.33. The molecule has 7 nitrogen and oxygen atoms in total. The summed E-state index contributed by atoms with van der Waals surface area (Å²) in [4.78, 5) is 24.4. The minimum Gasteiger partial charge on any atom is -0.346 e. The van der Waals surface area contributed by atoms with Crippen LogP contribution in [-0.4, -0.2) is 44.1 Å². The molecule has 1 aromatic carbocycles. The summed E-state index contributed by atoms with van der Waals surface area (Å²) in [5.74, 6) is 1.50. The number of H-pyrrole nitrogens is 1. The average molecular weight is 448 g/mol. The molecule has 1 aliphatic carbocycles. The molecule has 0 spiro atoms. The van der Waals surface area contributed by atoms with E-state index in [1.54, 1.807) is 6.20 Å². The summed E-state index contributed by atoms with van der Waals surface area (Å²) in [6.07, 6.45) is 12.1. The number of piperazine rings is 1. The van der Waals surface area contributed by atoms with Gasteiger partial charge in [0.15, 0.2) is 0 Å². The Kier molecular flexibility index (Phi) is 4.55. The number of hydrogen-bond donors (Lipinski definition) is 2. The third-order valence-corrected chi connectivity index (χ3v) is 7.21. The van der Waals surface area contributed by atoms with Crippen molar-refractivity contribution in [3.63, 3.8) is 0 Å². The van der Waals surface area contributed by atoms with E-state index in [1.165, 1.54) is 34.9 Å². The Hall–Kier alpha value is -3.84. The van der Waals surface area contributed by atoms with Crippen LogP contribution in [0.4, 0.5) is 5.95 Å². The van der Waals surface area contributed by atoms with Gasteiger partial charge < -0.3 is 15.2 Å². The van der Waals surface area contributed by atoms with E-state index >= 15 is 0 Å². The van der Waals surface area contributed by atoms with Gasteiger partial charge in [0.05, 0.1) is 17.8 Å². The Balaban J connectivity index is 1.30. The maximum atomic E-state index is 4.91. The van der Waals surface area contributed by atoms with Gasteiger partial charge >= 0.3 is 0 Å². The second kappa shape index (κ2) is 7.88. The van der Waals surface area contributed by atoms with Crippen LogP contribution in [0.5, 0.6) is 0 Å². The van der Waals surface area contributed by atoms with Gasteiger partial charge in [0, 0.05) is 60.3 Å². The van der Waals surface area contributed by atoms with Crippen LogP contribution in [0.3, 0.4) is 0 Å². The number of fused-ring (bicyclic) bond motifs is 2. The number of benzene rings is 1. The standard InChI is InChI=1S/C27H25N7/c1-2-4-17(5-3-1)21-13-31-26-25(21)20(9-11-29-26)23-16-34(24(15-30-23)18-6-7-18)27-32-12-19-8-10-28-14-22(19)33-27/h1-5,8-14,18,23-24,30H,6-7,15-16H2,(H,29,31). The Labute approximate surface area is 197 Å². The number of aromatic amines is 1. The average Bonchev–Trinajstić information content (AvgIpc) is 3.66. The monoisotopic (exact) mass is 447 g/mol. The molecule has 5 heterocycles. The summed E-state index contributed by atoms with van der Waals surface area (Å²) >= 11 is 0. The van der Waals surface area contributed by atoms with Gasteiger partial charge in [0.1, 0.15) is 5.65 Å². The molecule has 0 bridgehead atoms. The van der Waals surface area contributed by atoms with Crippen LogP contribution >= 0.6 is 0 Å². The Morgan fingerprint density at radius 2 is 1.85 bits per heavy atom. The number of hydrogen-bond acceptors (Lipinski definition) is 6. The molecule has 2 fully saturated rings. The first-order valence-electron chi connectivity index (χ1n) is 11.9. The predicted octanol–water partition coefficient (Wildman–Crippen LogP) is 4.50. The van der Waals surface area contributed by atoms with E-state index in [4.69, 9.17) is 9.97 Å². The second-order valence-corrected chi connectivity index (χ2v) is 9.31. The fraction of sp³-hybridized carbons (Fsp3) is 0.259. The lowest BCUT2D eigenvalue weighted by atomic mass is 9.95. The first-order valence-corrected chi connectivity index (χ1v) is 11.9. The lowest BCUT2D eigenvalue weighted by Gasteiger charge is -2.41. The van der Waals surface area contributed by atoms with Crippen LogP contribution in [0.15, 0.2) is 73.4 Å². The molecule has 4 aromatic heterocycles. The molecule has 168 valence electrons. The lowest BCUT2D eigenvalue weighted by molar-refractivity contribution is 0.372. The molecule has 2 atom stereocenters. The van der Waals surface area contributed by atoms with Crippen LogP contribution in [0.2, 0.25) is 0 Å². The normalized spacial score (nSPS) is 20.8. The van der Waals surface area contributed by atoms with Crippen molar-refractivity contribution in [1.29, 1.82) is 0 Å². The molecule has 0 amide bonds. The van der Waals surface area contributed by atoms with Gasteiger partial charge in [-0.25, -0.2) is 15.0 Å². The van der Waals surface area contributed by atoms with Crippen molar-refractivity contribution >= 4 is 27.9 Å². The molecule has 5 aromatic rings. The highest BCUT2D eigenvalue weighted by molar-refractivity contribution is 5.96. The fourth-order valence-electron chi connectivity index (χ4n) is 5.33. The van der Waals surface area contributed by atoms with Crippen molar-refractivity contribution < 1.29 is 0 Å². The van der Waals surface area contributed by atoms with E-state index in [1.807, 2.05) is 24.7 Å². The Morgan fingerprint density at radius 3 is 2.74 bits per heavy atom. The Bertz CT molecular complexity index is 1470. The zero-order valence-corrected chi connectivity index (χ0v) is 18.7. The molecule has 2 aliphatic rings. The van der Waals surface area contributed by atoms with E-state index in [0.717, 1.165) is 35.6 Å². The van der Waals surface area contributed by atoms with E-state index in [-0.39, 0.29) is 6.04 Å². The van der Waals surface area contributed by atoms with Crippen molar-refractivity contribution in [3.05, 3.63) is 79.0 Å². The quantitative estimate of drug-likeness (QED) is 0.422. The van der Waals surface area contributed by atoms with Gasteiger partial charge in [-0.05, 0) is 42.0 Å². The van der Waals surface area contributed by atoms with Crippen LogP contribution in [0, 0.1) is 5.92 Å². The molecule has 2 unspecified atom stereocenters. The summed E-state index contributed by atoms with van der Waals surface area (Å²) in [5, 5.41) is 6.05. The van der Waals surface area contributed by atoms with Crippen molar-refractivity contribution in [1.82, 2.24) is 30.2 Å².